The van der Waals surface area contributed by atoms with Crippen LogP contribution in [-0.4, -0.2) is 15.1 Å². The molecule has 3 aromatic heterocycles. The van der Waals surface area contributed by atoms with Gasteiger partial charge in [-0.1, -0.05) is 5.16 Å². The van der Waals surface area contributed by atoms with E-state index in [-0.39, 0.29) is 0 Å². The van der Waals surface area contributed by atoms with Crippen molar-refractivity contribution >= 4 is 0 Å². The van der Waals surface area contributed by atoms with Crippen LogP contribution in [0, 0.1) is 11.3 Å². The van der Waals surface area contributed by atoms with Crippen LogP contribution in [0.1, 0.15) is 5.56 Å². The number of rotatable bonds is 2. The Hall–Kier alpha value is -2.94. The number of furan rings is 1. The Morgan fingerprint density at radius 1 is 1.22 bits per heavy atom. The van der Waals surface area contributed by atoms with Crippen LogP contribution in [0.15, 0.2) is 45.9 Å². The van der Waals surface area contributed by atoms with Crippen molar-refractivity contribution in [3.63, 3.8) is 0 Å². The minimum atomic E-state index is 0.302. The maximum absolute atomic E-state index is 8.68. The first-order chi connectivity index (χ1) is 8.86. The molecule has 0 aliphatic rings. The van der Waals surface area contributed by atoms with E-state index in [4.69, 9.17) is 14.2 Å². The molecule has 0 spiro atoms. The maximum atomic E-state index is 8.68. The lowest BCUT2D eigenvalue weighted by atomic mass is 10.2. The highest BCUT2D eigenvalue weighted by atomic mass is 16.5. The van der Waals surface area contributed by atoms with Gasteiger partial charge in [0, 0.05) is 6.20 Å². The number of nitriles is 1. The molecule has 18 heavy (non-hydrogen) atoms. The van der Waals surface area contributed by atoms with Crippen LogP contribution in [0.2, 0.25) is 0 Å². The van der Waals surface area contributed by atoms with Crippen LogP contribution in [0.3, 0.4) is 0 Å². The summed E-state index contributed by atoms with van der Waals surface area (Å²) in [4.78, 5) is 8.27. The summed E-state index contributed by atoms with van der Waals surface area (Å²) < 4.78 is 10.0. The van der Waals surface area contributed by atoms with Crippen molar-refractivity contribution in [2.45, 2.75) is 0 Å². The van der Waals surface area contributed by atoms with Gasteiger partial charge in [-0.2, -0.15) is 10.2 Å². The van der Waals surface area contributed by atoms with Gasteiger partial charge in [0.2, 0.25) is 5.82 Å². The Labute approximate surface area is 102 Å². The van der Waals surface area contributed by atoms with Crippen molar-refractivity contribution in [2.75, 3.05) is 0 Å². The molecule has 0 fully saturated rings. The van der Waals surface area contributed by atoms with Crippen molar-refractivity contribution in [2.24, 2.45) is 0 Å². The highest BCUT2D eigenvalue weighted by Crippen LogP contribution is 2.20. The average molecular weight is 238 g/mol. The van der Waals surface area contributed by atoms with Gasteiger partial charge in [0.05, 0.1) is 17.4 Å². The summed E-state index contributed by atoms with van der Waals surface area (Å²) in [6.45, 7) is 0. The molecule has 0 N–H and O–H groups in total. The first-order valence-corrected chi connectivity index (χ1v) is 5.09. The zero-order chi connectivity index (χ0) is 12.4. The van der Waals surface area contributed by atoms with E-state index in [1.165, 1.54) is 18.7 Å². The van der Waals surface area contributed by atoms with Crippen molar-refractivity contribution < 1.29 is 8.94 Å². The maximum Gasteiger partial charge on any atom is 0.276 e. The Bertz CT molecular complexity index is 693. The predicted octanol–water partition coefficient (Wildman–Crippen LogP) is 2.26. The summed E-state index contributed by atoms with van der Waals surface area (Å²) in [5.74, 6) is 0.737. The fraction of sp³-hybridized carbons (Fsp3) is 0. The molecule has 0 saturated carbocycles. The van der Waals surface area contributed by atoms with Crippen LogP contribution in [0.5, 0.6) is 0 Å². The lowest BCUT2D eigenvalue weighted by Crippen LogP contribution is -1.84. The molecule has 0 bridgehead atoms. The van der Waals surface area contributed by atoms with Crippen LogP contribution >= 0.6 is 0 Å². The highest BCUT2D eigenvalue weighted by molar-refractivity contribution is 5.56. The third-order valence-corrected chi connectivity index (χ3v) is 2.32. The molecule has 0 amide bonds. The molecule has 0 aromatic carbocycles. The highest BCUT2D eigenvalue weighted by Gasteiger charge is 2.12. The van der Waals surface area contributed by atoms with E-state index in [0.29, 0.717) is 23.0 Å². The minimum Gasteiger partial charge on any atom is -0.472 e. The zero-order valence-electron chi connectivity index (χ0n) is 9.07. The average Bonchev–Trinajstić information content (AvgIpc) is 3.09. The summed E-state index contributed by atoms with van der Waals surface area (Å²) in [7, 11) is 0. The third-order valence-electron chi connectivity index (χ3n) is 2.32. The quantitative estimate of drug-likeness (QED) is 0.680. The van der Waals surface area contributed by atoms with Crippen molar-refractivity contribution in [3.8, 4) is 29.0 Å². The van der Waals surface area contributed by atoms with Crippen LogP contribution < -0.4 is 0 Å². The molecule has 6 nitrogen and oxygen atoms in total. The second-order valence-corrected chi connectivity index (χ2v) is 3.48. The number of aromatic nitrogens is 3. The number of hydrogen-bond acceptors (Lipinski definition) is 6. The Morgan fingerprint density at radius 2 is 2.17 bits per heavy atom. The van der Waals surface area contributed by atoms with Gasteiger partial charge in [-0.25, -0.2) is 4.98 Å². The number of nitrogens with zero attached hydrogens (tertiary/aromatic N) is 4. The van der Waals surface area contributed by atoms with Crippen LogP contribution in [0.25, 0.3) is 23.0 Å². The molecule has 0 radical (unpaired) electrons. The fourth-order valence-corrected chi connectivity index (χ4v) is 1.42. The molecule has 0 atom stereocenters. The monoisotopic (exact) mass is 238 g/mol. The summed E-state index contributed by atoms with van der Waals surface area (Å²) >= 11 is 0. The molecule has 3 heterocycles. The third kappa shape index (κ3) is 1.74. The Balaban J connectivity index is 1.95. The Kier molecular flexibility index (Phi) is 2.35. The molecule has 0 aliphatic heterocycles. The van der Waals surface area contributed by atoms with Crippen molar-refractivity contribution in [3.05, 3.63) is 42.5 Å². The van der Waals surface area contributed by atoms with Crippen molar-refractivity contribution in [1.29, 1.82) is 5.26 Å². The first kappa shape index (κ1) is 10.2. The van der Waals surface area contributed by atoms with Gasteiger partial charge in [-0.15, -0.1) is 0 Å². The Morgan fingerprint density at radius 3 is 2.83 bits per heavy atom. The predicted molar refractivity (Wildman–Crippen MR) is 59.9 cm³/mol. The molecule has 3 rings (SSSR count). The number of hydrogen-bond donors (Lipinski definition) is 0. The van der Waals surface area contributed by atoms with Gasteiger partial charge in [-0.05, 0) is 18.2 Å². The first-order valence-electron chi connectivity index (χ1n) is 5.09. The topological polar surface area (TPSA) is 88.7 Å². The molecule has 0 unspecified atom stereocenters. The van der Waals surface area contributed by atoms with Gasteiger partial charge in [-0.3, -0.25) is 0 Å². The van der Waals surface area contributed by atoms with Gasteiger partial charge in [0.25, 0.3) is 5.89 Å². The van der Waals surface area contributed by atoms with E-state index in [1.54, 1.807) is 18.2 Å². The van der Waals surface area contributed by atoms with Crippen molar-refractivity contribution in [1.82, 2.24) is 15.1 Å². The summed E-state index contributed by atoms with van der Waals surface area (Å²) in [6, 6.07) is 7.03. The van der Waals surface area contributed by atoms with Crippen LogP contribution in [0.4, 0.5) is 0 Å². The molecular formula is C12H6N4O2. The molecule has 6 heteroatoms. The molecular weight excluding hydrogens is 232 g/mol. The van der Waals surface area contributed by atoms with Gasteiger partial charge < -0.3 is 8.94 Å². The van der Waals surface area contributed by atoms with E-state index in [0.717, 1.165) is 5.56 Å². The van der Waals surface area contributed by atoms with Gasteiger partial charge in [0.15, 0.2) is 0 Å². The SMILES string of the molecule is N#Cc1ccc(-c2nc(-c3ccoc3)no2)nc1. The second kappa shape index (κ2) is 4.14. The second-order valence-electron chi connectivity index (χ2n) is 3.48. The largest absolute Gasteiger partial charge is 0.472 e. The van der Waals surface area contributed by atoms with E-state index < -0.39 is 0 Å². The van der Waals surface area contributed by atoms with E-state index in [2.05, 4.69) is 15.1 Å². The van der Waals surface area contributed by atoms with Gasteiger partial charge in [0.1, 0.15) is 18.0 Å². The zero-order valence-corrected chi connectivity index (χ0v) is 9.07. The van der Waals surface area contributed by atoms with Gasteiger partial charge >= 0.3 is 0 Å². The molecule has 0 saturated heterocycles. The molecule has 0 aliphatic carbocycles. The van der Waals surface area contributed by atoms with E-state index in [9.17, 15) is 0 Å². The summed E-state index contributed by atoms with van der Waals surface area (Å²) in [5.41, 5.74) is 1.74. The normalized spacial score (nSPS) is 10.2. The summed E-state index contributed by atoms with van der Waals surface area (Å²) in [6.07, 6.45) is 4.52. The molecule has 3 aromatic rings. The smallest absolute Gasteiger partial charge is 0.276 e. The lowest BCUT2D eigenvalue weighted by Gasteiger charge is -1.91. The van der Waals surface area contributed by atoms with E-state index >= 15 is 0 Å². The van der Waals surface area contributed by atoms with Crippen LogP contribution in [-0.2, 0) is 0 Å². The minimum absolute atomic E-state index is 0.302. The van der Waals surface area contributed by atoms with E-state index in [1.807, 2.05) is 6.07 Å². The summed E-state index contributed by atoms with van der Waals surface area (Å²) in [5, 5.41) is 12.5. The fourth-order valence-electron chi connectivity index (χ4n) is 1.42. The molecule has 86 valence electrons. The standard InChI is InChI=1S/C12H6N4O2/c13-5-8-1-2-10(14-6-8)12-15-11(16-18-12)9-3-4-17-7-9/h1-4,6-7H. The lowest BCUT2D eigenvalue weighted by molar-refractivity contribution is 0.431. The number of pyridine rings is 1.